The van der Waals surface area contributed by atoms with Gasteiger partial charge in [0.15, 0.2) is 0 Å². The van der Waals surface area contributed by atoms with Crippen LogP contribution in [0, 0.1) is 0 Å². The fraction of sp³-hybridized carbons (Fsp3) is 0.867. The molecule has 0 atom stereocenters. The third-order valence-corrected chi connectivity index (χ3v) is 3.78. The van der Waals surface area contributed by atoms with Crippen molar-refractivity contribution in [2.45, 2.75) is 84.0 Å². The normalized spacial score (nSPS) is 12.3. The molecule has 0 rings (SSSR count). The van der Waals surface area contributed by atoms with Crippen LogP contribution in [-0.4, -0.2) is 13.0 Å². The molecule has 0 spiro atoms. The third kappa shape index (κ3) is 17.6. The Bertz CT molecular complexity index is 307. The molecule has 0 saturated carbocycles. The standard InChI is InChI=1S/C15H30O3S/c1-2-3-4-5-6-7-8-9-10-11-12-13-14-15-19(16,17)18/h14-15H,2-13H2,1H3,(H,16,17,18). The zero-order chi connectivity index (χ0) is 14.4. The summed E-state index contributed by atoms with van der Waals surface area (Å²) in [6.45, 7) is 2.24. The quantitative estimate of drug-likeness (QED) is 0.380. The van der Waals surface area contributed by atoms with Gasteiger partial charge in [0.1, 0.15) is 0 Å². The summed E-state index contributed by atoms with van der Waals surface area (Å²) in [6, 6.07) is 0. The van der Waals surface area contributed by atoms with Gasteiger partial charge in [-0.1, -0.05) is 77.2 Å². The van der Waals surface area contributed by atoms with Crippen molar-refractivity contribution in [1.29, 1.82) is 0 Å². The van der Waals surface area contributed by atoms with E-state index in [4.69, 9.17) is 4.55 Å². The molecule has 0 aliphatic rings. The fourth-order valence-corrected chi connectivity index (χ4v) is 2.50. The summed E-state index contributed by atoms with van der Waals surface area (Å²) in [6.07, 6.45) is 16.4. The van der Waals surface area contributed by atoms with Crippen LogP contribution in [0.3, 0.4) is 0 Å². The van der Waals surface area contributed by atoms with Crippen LogP contribution in [0.25, 0.3) is 0 Å². The molecule has 0 unspecified atom stereocenters. The molecule has 0 aliphatic heterocycles. The summed E-state index contributed by atoms with van der Waals surface area (Å²) >= 11 is 0. The maximum absolute atomic E-state index is 10.4. The molecule has 1 N–H and O–H groups in total. The highest BCUT2D eigenvalue weighted by molar-refractivity contribution is 7.88. The van der Waals surface area contributed by atoms with Gasteiger partial charge in [-0.15, -0.1) is 0 Å². The Morgan fingerprint density at radius 2 is 1.21 bits per heavy atom. The van der Waals surface area contributed by atoms with Gasteiger partial charge in [0.05, 0.1) is 5.41 Å². The Kier molecular flexibility index (Phi) is 12.4. The van der Waals surface area contributed by atoms with E-state index in [-0.39, 0.29) is 0 Å². The topological polar surface area (TPSA) is 54.4 Å². The summed E-state index contributed by atoms with van der Waals surface area (Å²) < 4.78 is 29.3. The van der Waals surface area contributed by atoms with Gasteiger partial charge in [-0.3, -0.25) is 4.55 Å². The van der Waals surface area contributed by atoms with Crippen LogP contribution in [0.4, 0.5) is 0 Å². The van der Waals surface area contributed by atoms with Crippen molar-refractivity contribution in [3.05, 3.63) is 11.5 Å². The van der Waals surface area contributed by atoms with E-state index in [9.17, 15) is 8.42 Å². The first-order valence-corrected chi connectivity index (χ1v) is 9.20. The van der Waals surface area contributed by atoms with Gasteiger partial charge in [0.2, 0.25) is 0 Å². The first-order valence-electron chi connectivity index (χ1n) is 7.70. The number of rotatable bonds is 13. The molecule has 0 aromatic heterocycles. The molecule has 0 aliphatic carbocycles. The van der Waals surface area contributed by atoms with Crippen LogP contribution in [0.5, 0.6) is 0 Å². The maximum atomic E-state index is 10.4. The molecule has 0 amide bonds. The molecule has 0 aromatic carbocycles. The lowest BCUT2D eigenvalue weighted by Gasteiger charge is -2.01. The first kappa shape index (κ1) is 18.7. The second-order valence-corrected chi connectivity index (χ2v) is 6.51. The Labute approximate surface area is 119 Å². The minimum absolute atomic E-state index is 0.733. The average molecular weight is 290 g/mol. The van der Waals surface area contributed by atoms with Crippen molar-refractivity contribution in [3.63, 3.8) is 0 Å². The van der Waals surface area contributed by atoms with E-state index in [1.54, 1.807) is 0 Å². The van der Waals surface area contributed by atoms with Crippen LogP contribution >= 0.6 is 0 Å². The predicted octanol–water partition coefficient (Wildman–Crippen LogP) is 5.09. The van der Waals surface area contributed by atoms with E-state index in [1.165, 1.54) is 63.9 Å². The van der Waals surface area contributed by atoms with Crippen molar-refractivity contribution in [1.82, 2.24) is 0 Å². The highest BCUT2D eigenvalue weighted by atomic mass is 32.2. The number of hydrogen-bond acceptors (Lipinski definition) is 2. The molecular formula is C15H30O3S. The van der Waals surface area contributed by atoms with Gasteiger partial charge in [0.25, 0.3) is 10.1 Å². The molecule has 0 fully saturated rings. The van der Waals surface area contributed by atoms with Gasteiger partial charge in [-0.25, -0.2) is 0 Å². The van der Waals surface area contributed by atoms with Gasteiger partial charge in [-0.2, -0.15) is 8.42 Å². The van der Waals surface area contributed by atoms with Gasteiger partial charge in [0, 0.05) is 0 Å². The largest absolute Gasteiger partial charge is 0.287 e. The molecule has 0 saturated heterocycles. The Balaban J connectivity index is 3.13. The second-order valence-electron chi connectivity index (χ2n) is 5.21. The van der Waals surface area contributed by atoms with Gasteiger partial charge in [-0.05, 0) is 12.8 Å². The molecule has 19 heavy (non-hydrogen) atoms. The molecule has 3 nitrogen and oxygen atoms in total. The number of unbranched alkanes of at least 4 members (excludes halogenated alkanes) is 11. The van der Waals surface area contributed by atoms with E-state index in [2.05, 4.69) is 6.92 Å². The lowest BCUT2D eigenvalue weighted by atomic mass is 10.1. The summed E-state index contributed by atoms with van der Waals surface area (Å²) in [5.74, 6) is 0. The highest BCUT2D eigenvalue weighted by Gasteiger charge is 1.95. The average Bonchev–Trinajstić information content (AvgIpc) is 2.34. The molecular weight excluding hydrogens is 260 g/mol. The molecule has 0 radical (unpaired) electrons. The van der Waals surface area contributed by atoms with Gasteiger partial charge < -0.3 is 0 Å². The van der Waals surface area contributed by atoms with Crippen molar-refractivity contribution < 1.29 is 13.0 Å². The molecule has 114 valence electrons. The van der Waals surface area contributed by atoms with E-state index < -0.39 is 10.1 Å². The molecule has 0 heterocycles. The van der Waals surface area contributed by atoms with Crippen LogP contribution in [0.1, 0.15) is 84.0 Å². The van der Waals surface area contributed by atoms with Crippen LogP contribution in [0.2, 0.25) is 0 Å². The minimum Gasteiger partial charge on any atom is -0.282 e. The lowest BCUT2D eigenvalue weighted by Crippen LogP contribution is -1.89. The molecule has 0 bridgehead atoms. The van der Waals surface area contributed by atoms with E-state index in [1.807, 2.05) is 0 Å². The van der Waals surface area contributed by atoms with E-state index in [0.29, 0.717) is 0 Å². The zero-order valence-electron chi connectivity index (χ0n) is 12.3. The first-order chi connectivity index (χ1) is 9.06. The number of hydrogen-bond donors (Lipinski definition) is 1. The summed E-state index contributed by atoms with van der Waals surface area (Å²) in [4.78, 5) is 0. The van der Waals surface area contributed by atoms with Crippen molar-refractivity contribution in [2.75, 3.05) is 0 Å². The highest BCUT2D eigenvalue weighted by Crippen LogP contribution is 2.12. The monoisotopic (exact) mass is 290 g/mol. The Hall–Kier alpha value is -0.350. The number of allylic oxidation sites excluding steroid dienone is 1. The van der Waals surface area contributed by atoms with Gasteiger partial charge >= 0.3 is 0 Å². The van der Waals surface area contributed by atoms with Crippen LogP contribution in [0.15, 0.2) is 11.5 Å². The SMILES string of the molecule is CCCCCCCCCCCCCC=CS(=O)(=O)O. The fourth-order valence-electron chi connectivity index (χ4n) is 2.12. The zero-order valence-corrected chi connectivity index (χ0v) is 13.1. The van der Waals surface area contributed by atoms with Crippen LogP contribution in [-0.2, 0) is 10.1 Å². The van der Waals surface area contributed by atoms with E-state index in [0.717, 1.165) is 24.7 Å². The van der Waals surface area contributed by atoms with Crippen molar-refractivity contribution in [3.8, 4) is 0 Å². The summed E-state index contributed by atoms with van der Waals surface area (Å²) in [5.41, 5.74) is 0. The van der Waals surface area contributed by atoms with Crippen LogP contribution < -0.4 is 0 Å². The van der Waals surface area contributed by atoms with E-state index >= 15 is 0 Å². The molecule has 0 aromatic rings. The lowest BCUT2D eigenvalue weighted by molar-refractivity contribution is 0.494. The second kappa shape index (κ2) is 12.7. The van der Waals surface area contributed by atoms with Crippen molar-refractivity contribution >= 4 is 10.1 Å². The Morgan fingerprint density at radius 3 is 1.63 bits per heavy atom. The summed E-state index contributed by atoms with van der Waals surface area (Å²) in [5, 5.41) is 0.878. The minimum atomic E-state index is -3.92. The molecule has 4 heteroatoms. The summed E-state index contributed by atoms with van der Waals surface area (Å²) in [7, 11) is -3.92. The maximum Gasteiger partial charge on any atom is 0.287 e. The Morgan fingerprint density at radius 1 is 0.789 bits per heavy atom. The predicted molar refractivity (Wildman–Crippen MR) is 81.8 cm³/mol. The third-order valence-electron chi connectivity index (χ3n) is 3.24. The van der Waals surface area contributed by atoms with Crippen molar-refractivity contribution in [2.24, 2.45) is 0 Å². The smallest absolute Gasteiger partial charge is 0.282 e.